The second-order valence-electron chi connectivity index (χ2n) is 4.68. The molecule has 0 aromatic carbocycles. The van der Waals surface area contributed by atoms with Crippen LogP contribution < -0.4 is 10.6 Å². The van der Waals surface area contributed by atoms with Gasteiger partial charge in [0.1, 0.15) is 11.6 Å². The summed E-state index contributed by atoms with van der Waals surface area (Å²) in [6, 6.07) is 9.01. The van der Waals surface area contributed by atoms with Gasteiger partial charge in [-0.05, 0) is 37.6 Å². The fraction of sp³-hybridized carbons (Fsp3) is 0.312. The molecule has 2 N–H and O–H groups in total. The molecule has 0 saturated heterocycles. The lowest BCUT2D eigenvalue weighted by Gasteiger charge is -2.09. The number of aryl methyl sites for hydroxylation is 1. The van der Waals surface area contributed by atoms with Gasteiger partial charge in [0, 0.05) is 24.0 Å². The molecule has 0 radical (unpaired) electrons. The zero-order valence-corrected chi connectivity index (χ0v) is 12.4. The lowest BCUT2D eigenvalue weighted by Crippen LogP contribution is -2.14. The van der Waals surface area contributed by atoms with E-state index in [1.54, 1.807) is 18.3 Å². The molecule has 1 amide bonds. The van der Waals surface area contributed by atoms with Crippen molar-refractivity contribution in [3.8, 4) is 0 Å². The number of rotatable bonds is 6. The highest BCUT2D eigenvalue weighted by molar-refractivity contribution is 6.04. The average Bonchev–Trinajstić information content (AvgIpc) is 2.49. The van der Waals surface area contributed by atoms with Crippen molar-refractivity contribution in [2.45, 2.75) is 26.7 Å². The van der Waals surface area contributed by atoms with Crippen LogP contribution in [0.25, 0.3) is 0 Å². The summed E-state index contributed by atoms with van der Waals surface area (Å²) in [7, 11) is 0. The van der Waals surface area contributed by atoms with E-state index in [0.29, 0.717) is 11.4 Å². The van der Waals surface area contributed by atoms with Crippen LogP contribution in [-0.4, -0.2) is 22.4 Å². The number of anilines is 2. The van der Waals surface area contributed by atoms with Crippen LogP contribution in [0.3, 0.4) is 0 Å². The molecule has 0 unspecified atom stereocenters. The van der Waals surface area contributed by atoms with Crippen LogP contribution in [0.5, 0.6) is 0 Å². The van der Waals surface area contributed by atoms with Crippen LogP contribution in [0.4, 0.5) is 11.6 Å². The first kappa shape index (κ1) is 15.0. The van der Waals surface area contributed by atoms with Gasteiger partial charge in [-0.25, -0.2) is 9.97 Å². The standard InChI is InChI=1S/C16H20N4O/c1-3-7-13-10-12(11-15(19-13)17-4-2)16(21)20-14-8-5-6-9-18-14/h5-6,8-11H,3-4,7H2,1-2H3,(H,17,19)(H,18,20,21). The molecule has 0 atom stereocenters. The van der Waals surface area contributed by atoms with Gasteiger partial charge in [-0.2, -0.15) is 0 Å². The normalized spacial score (nSPS) is 10.2. The summed E-state index contributed by atoms with van der Waals surface area (Å²) in [5.41, 5.74) is 1.51. The molecular formula is C16H20N4O. The quantitative estimate of drug-likeness (QED) is 0.855. The Hall–Kier alpha value is -2.43. The van der Waals surface area contributed by atoms with Gasteiger partial charge in [-0.1, -0.05) is 19.4 Å². The van der Waals surface area contributed by atoms with Gasteiger partial charge in [0.05, 0.1) is 0 Å². The predicted molar refractivity (Wildman–Crippen MR) is 84.6 cm³/mol. The molecule has 0 spiro atoms. The van der Waals surface area contributed by atoms with Gasteiger partial charge in [0.2, 0.25) is 0 Å². The number of carbonyl (C=O) groups is 1. The van der Waals surface area contributed by atoms with Gasteiger partial charge in [-0.15, -0.1) is 0 Å². The molecule has 5 heteroatoms. The third-order valence-corrected chi connectivity index (χ3v) is 2.91. The van der Waals surface area contributed by atoms with Gasteiger partial charge in [0.25, 0.3) is 5.91 Å². The molecule has 2 rings (SSSR count). The van der Waals surface area contributed by atoms with Gasteiger partial charge >= 0.3 is 0 Å². The largest absolute Gasteiger partial charge is 0.370 e. The van der Waals surface area contributed by atoms with E-state index in [1.165, 1.54) is 0 Å². The number of aromatic nitrogens is 2. The Labute approximate surface area is 124 Å². The average molecular weight is 284 g/mol. The maximum atomic E-state index is 12.3. The van der Waals surface area contributed by atoms with Crippen molar-refractivity contribution in [2.24, 2.45) is 0 Å². The van der Waals surface area contributed by atoms with Crippen molar-refractivity contribution in [3.63, 3.8) is 0 Å². The second-order valence-corrected chi connectivity index (χ2v) is 4.68. The van der Waals surface area contributed by atoms with E-state index in [-0.39, 0.29) is 5.91 Å². The summed E-state index contributed by atoms with van der Waals surface area (Å²) in [5.74, 6) is 1.10. The van der Waals surface area contributed by atoms with E-state index in [0.717, 1.165) is 30.9 Å². The van der Waals surface area contributed by atoms with Crippen molar-refractivity contribution in [1.29, 1.82) is 0 Å². The Morgan fingerprint density at radius 1 is 1.19 bits per heavy atom. The van der Waals surface area contributed by atoms with E-state index in [9.17, 15) is 4.79 Å². The highest BCUT2D eigenvalue weighted by Gasteiger charge is 2.10. The van der Waals surface area contributed by atoms with E-state index in [4.69, 9.17) is 0 Å². The fourth-order valence-electron chi connectivity index (χ4n) is 2.00. The molecule has 21 heavy (non-hydrogen) atoms. The number of carbonyl (C=O) groups excluding carboxylic acids is 1. The first-order chi connectivity index (χ1) is 10.2. The Kier molecular flexibility index (Phi) is 5.26. The summed E-state index contributed by atoms with van der Waals surface area (Å²) in [5, 5.41) is 5.95. The number of pyridine rings is 2. The Balaban J connectivity index is 2.22. The van der Waals surface area contributed by atoms with Crippen molar-refractivity contribution >= 4 is 17.5 Å². The van der Waals surface area contributed by atoms with Crippen LogP contribution in [0.1, 0.15) is 36.3 Å². The van der Waals surface area contributed by atoms with Gasteiger partial charge < -0.3 is 10.6 Å². The Morgan fingerprint density at radius 3 is 2.71 bits per heavy atom. The zero-order valence-electron chi connectivity index (χ0n) is 12.4. The summed E-state index contributed by atoms with van der Waals surface area (Å²) in [6.45, 7) is 4.86. The maximum absolute atomic E-state index is 12.3. The monoisotopic (exact) mass is 284 g/mol. The van der Waals surface area contributed by atoms with E-state index in [1.807, 2.05) is 25.1 Å². The SMILES string of the molecule is CCCc1cc(C(=O)Nc2ccccn2)cc(NCC)n1. The number of nitrogens with zero attached hydrogens (tertiary/aromatic N) is 2. The molecule has 0 aliphatic rings. The van der Waals surface area contributed by atoms with Gasteiger partial charge in [-0.3, -0.25) is 4.79 Å². The predicted octanol–water partition coefficient (Wildman–Crippen LogP) is 3.11. The van der Waals surface area contributed by atoms with Crippen molar-refractivity contribution < 1.29 is 4.79 Å². The number of nitrogens with one attached hydrogen (secondary N) is 2. The zero-order chi connectivity index (χ0) is 15.1. The number of amides is 1. The number of hydrogen-bond donors (Lipinski definition) is 2. The first-order valence-electron chi connectivity index (χ1n) is 7.20. The third-order valence-electron chi connectivity index (χ3n) is 2.91. The second kappa shape index (κ2) is 7.38. The lowest BCUT2D eigenvalue weighted by atomic mass is 10.1. The Bertz CT molecular complexity index is 574. The topological polar surface area (TPSA) is 66.9 Å². The van der Waals surface area contributed by atoms with Crippen molar-refractivity contribution in [2.75, 3.05) is 17.2 Å². The van der Waals surface area contributed by atoms with Crippen LogP contribution in [0.2, 0.25) is 0 Å². The molecule has 2 aromatic rings. The fourth-order valence-corrected chi connectivity index (χ4v) is 2.00. The molecule has 0 bridgehead atoms. The van der Waals surface area contributed by atoms with Crippen LogP contribution in [-0.2, 0) is 6.42 Å². The third kappa shape index (κ3) is 4.27. The van der Waals surface area contributed by atoms with E-state index >= 15 is 0 Å². The maximum Gasteiger partial charge on any atom is 0.257 e. The molecule has 0 saturated carbocycles. The summed E-state index contributed by atoms with van der Waals surface area (Å²) < 4.78 is 0. The minimum absolute atomic E-state index is 0.174. The van der Waals surface area contributed by atoms with Crippen molar-refractivity contribution in [3.05, 3.63) is 47.8 Å². The number of hydrogen-bond acceptors (Lipinski definition) is 4. The molecule has 110 valence electrons. The molecule has 0 aliphatic heterocycles. The van der Waals surface area contributed by atoms with E-state index in [2.05, 4.69) is 27.5 Å². The van der Waals surface area contributed by atoms with Crippen LogP contribution in [0, 0.1) is 0 Å². The lowest BCUT2D eigenvalue weighted by molar-refractivity contribution is 0.102. The molecule has 2 aromatic heterocycles. The highest BCUT2D eigenvalue weighted by Crippen LogP contribution is 2.14. The van der Waals surface area contributed by atoms with E-state index < -0.39 is 0 Å². The summed E-state index contributed by atoms with van der Waals surface area (Å²) in [6.07, 6.45) is 3.49. The highest BCUT2D eigenvalue weighted by atomic mass is 16.1. The molecule has 0 aliphatic carbocycles. The van der Waals surface area contributed by atoms with Crippen LogP contribution in [0.15, 0.2) is 36.5 Å². The minimum atomic E-state index is -0.174. The molecule has 0 fully saturated rings. The first-order valence-corrected chi connectivity index (χ1v) is 7.20. The minimum Gasteiger partial charge on any atom is -0.370 e. The smallest absolute Gasteiger partial charge is 0.257 e. The summed E-state index contributed by atoms with van der Waals surface area (Å²) >= 11 is 0. The summed E-state index contributed by atoms with van der Waals surface area (Å²) in [4.78, 5) is 20.9. The van der Waals surface area contributed by atoms with Crippen molar-refractivity contribution in [1.82, 2.24) is 9.97 Å². The van der Waals surface area contributed by atoms with Gasteiger partial charge in [0.15, 0.2) is 0 Å². The Morgan fingerprint density at radius 2 is 2.05 bits per heavy atom. The molecule has 2 heterocycles. The molecular weight excluding hydrogens is 264 g/mol. The molecule has 5 nitrogen and oxygen atoms in total. The van der Waals surface area contributed by atoms with Crippen LogP contribution >= 0.6 is 0 Å².